The molecular weight excluding hydrogens is 314 g/mol. The van der Waals surface area contributed by atoms with Gasteiger partial charge in [0.1, 0.15) is 11.5 Å². The first-order valence-corrected chi connectivity index (χ1v) is 9.31. The van der Waals surface area contributed by atoms with Crippen LogP contribution in [0.3, 0.4) is 0 Å². The van der Waals surface area contributed by atoms with Gasteiger partial charge in [0.25, 0.3) is 0 Å². The van der Waals surface area contributed by atoms with Crippen LogP contribution in [0.4, 0.5) is 0 Å². The molecule has 4 rings (SSSR count). The highest BCUT2D eigenvalue weighted by Gasteiger charge is 2.47. The summed E-state index contributed by atoms with van der Waals surface area (Å²) >= 11 is 0. The summed E-state index contributed by atoms with van der Waals surface area (Å²) in [6.07, 6.45) is 4.64. The van der Waals surface area contributed by atoms with Crippen molar-refractivity contribution < 1.29 is 13.9 Å². The third-order valence-corrected chi connectivity index (χ3v) is 5.48. The van der Waals surface area contributed by atoms with Crippen molar-refractivity contribution in [3.05, 3.63) is 54.0 Å². The molecular formula is C21H25NO3. The first-order chi connectivity index (χ1) is 12.3. The number of furan rings is 1. The van der Waals surface area contributed by atoms with Crippen molar-refractivity contribution in [1.82, 2.24) is 4.90 Å². The van der Waals surface area contributed by atoms with Gasteiger partial charge in [-0.25, -0.2) is 0 Å². The summed E-state index contributed by atoms with van der Waals surface area (Å²) in [6, 6.07) is 12.2. The van der Waals surface area contributed by atoms with E-state index in [0.29, 0.717) is 24.3 Å². The summed E-state index contributed by atoms with van der Waals surface area (Å²) in [6.45, 7) is 4.38. The van der Waals surface area contributed by atoms with Crippen LogP contribution in [0.1, 0.15) is 49.3 Å². The van der Waals surface area contributed by atoms with Gasteiger partial charge in [-0.2, -0.15) is 0 Å². The minimum atomic E-state index is 0.124. The normalized spacial score (nSPS) is 23.5. The average Bonchev–Trinajstić information content (AvgIpc) is 3.26. The molecule has 132 valence electrons. The van der Waals surface area contributed by atoms with Crippen molar-refractivity contribution in [3.8, 4) is 5.75 Å². The second-order valence-corrected chi connectivity index (χ2v) is 7.03. The largest absolute Gasteiger partial charge is 0.494 e. The molecule has 2 heterocycles. The number of carbonyl (C=O) groups excluding carboxylic acids is 1. The van der Waals surface area contributed by atoms with Gasteiger partial charge < -0.3 is 14.1 Å². The highest BCUT2D eigenvalue weighted by molar-refractivity contribution is 5.83. The maximum Gasteiger partial charge on any atom is 0.226 e. The molecule has 2 atom stereocenters. The Morgan fingerprint density at radius 1 is 1.20 bits per heavy atom. The maximum absolute atomic E-state index is 12.7. The molecule has 2 aromatic rings. The quantitative estimate of drug-likeness (QED) is 0.820. The van der Waals surface area contributed by atoms with Gasteiger partial charge in [0, 0.05) is 24.9 Å². The van der Waals surface area contributed by atoms with Crippen molar-refractivity contribution in [3.63, 3.8) is 0 Å². The third-order valence-electron chi connectivity index (χ3n) is 5.48. The number of carbonyl (C=O) groups is 1. The predicted octanol–water partition coefficient (Wildman–Crippen LogP) is 4.19. The Morgan fingerprint density at radius 3 is 2.72 bits per heavy atom. The Morgan fingerprint density at radius 2 is 2.00 bits per heavy atom. The highest BCUT2D eigenvalue weighted by atomic mass is 16.5. The second-order valence-electron chi connectivity index (χ2n) is 7.03. The van der Waals surface area contributed by atoms with Crippen molar-refractivity contribution in [2.45, 2.75) is 38.0 Å². The van der Waals surface area contributed by atoms with Gasteiger partial charge in [0.15, 0.2) is 0 Å². The molecule has 1 aliphatic heterocycles. The minimum absolute atomic E-state index is 0.124. The SMILES string of the molecule is CCOc1ccccc1C1CCN(C(=O)[C@H]2C[C@@H]2c2ccco2)CC1. The van der Waals surface area contributed by atoms with E-state index in [9.17, 15) is 4.79 Å². The van der Waals surface area contributed by atoms with Gasteiger partial charge in [-0.15, -0.1) is 0 Å². The van der Waals surface area contributed by atoms with E-state index in [1.165, 1.54) is 5.56 Å². The summed E-state index contributed by atoms with van der Waals surface area (Å²) < 4.78 is 11.2. The molecule has 1 aliphatic carbocycles. The summed E-state index contributed by atoms with van der Waals surface area (Å²) in [5.41, 5.74) is 1.29. The first-order valence-electron chi connectivity index (χ1n) is 9.31. The Kier molecular flexibility index (Phi) is 4.51. The van der Waals surface area contributed by atoms with E-state index in [2.05, 4.69) is 18.2 Å². The Labute approximate surface area is 148 Å². The lowest BCUT2D eigenvalue weighted by Crippen LogP contribution is -2.39. The van der Waals surface area contributed by atoms with Crippen LogP contribution in [0.2, 0.25) is 0 Å². The summed E-state index contributed by atoms with van der Waals surface area (Å²) in [5, 5.41) is 0. The molecule has 0 N–H and O–H groups in total. The van der Waals surface area contributed by atoms with Crippen LogP contribution < -0.4 is 4.74 Å². The second kappa shape index (κ2) is 6.95. The fourth-order valence-electron chi connectivity index (χ4n) is 4.03. The van der Waals surface area contributed by atoms with E-state index < -0.39 is 0 Å². The monoisotopic (exact) mass is 339 g/mol. The van der Waals surface area contributed by atoms with Crippen LogP contribution in [0.5, 0.6) is 5.75 Å². The summed E-state index contributed by atoms with van der Waals surface area (Å²) in [7, 11) is 0. The van der Waals surface area contributed by atoms with Crippen LogP contribution in [0.15, 0.2) is 47.1 Å². The molecule has 1 aromatic carbocycles. The molecule has 0 radical (unpaired) electrons. The fraction of sp³-hybridized carbons (Fsp3) is 0.476. The zero-order valence-electron chi connectivity index (χ0n) is 14.7. The van der Waals surface area contributed by atoms with E-state index in [1.54, 1.807) is 6.26 Å². The summed E-state index contributed by atoms with van der Waals surface area (Å²) in [4.78, 5) is 14.8. The van der Waals surface area contributed by atoms with Crippen LogP contribution in [-0.4, -0.2) is 30.5 Å². The van der Waals surface area contributed by atoms with Crippen LogP contribution in [-0.2, 0) is 4.79 Å². The van der Waals surface area contributed by atoms with Crippen molar-refractivity contribution in [2.75, 3.05) is 19.7 Å². The molecule has 2 aliphatic rings. The Balaban J connectivity index is 1.35. The van der Waals surface area contributed by atoms with Crippen molar-refractivity contribution in [1.29, 1.82) is 0 Å². The number of nitrogens with zero attached hydrogens (tertiary/aromatic N) is 1. The molecule has 0 unspecified atom stereocenters. The maximum atomic E-state index is 12.7. The highest BCUT2D eigenvalue weighted by Crippen LogP contribution is 2.49. The van der Waals surface area contributed by atoms with Gasteiger partial charge in [0.05, 0.1) is 12.9 Å². The smallest absolute Gasteiger partial charge is 0.226 e. The molecule has 1 saturated heterocycles. The number of hydrogen-bond donors (Lipinski definition) is 0. The minimum Gasteiger partial charge on any atom is -0.494 e. The molecule has 1 amide bonds. The number of hydrogen-bond acceptors (Lipinski definition) is 3. The van der Waals surface area contributed by atoms with Crippen LogP contribution in [0, 0.1) is 5.92 Å². The molecule has 25 heavy (non-hydrogen) atoms. The van der Waals surface area contributed by atoms with E-state index in [4.69, 9.17) is 9.15 Å². The van der Waals surface area contributed by atoms with Gasteiger partial charge in [0.2, 0.25) is 5.91 Å². The summed E-state index contributed by atoms with van der Waals surface area (Å²) in [5.74, 6) is 3.15. The number of benzene rings is 1. The standard InChI is InChI=1S/C21H25NO3/c1-2-24-19-7-4-3-6-16(19)15-9-11-22(12-10-15)21(23)18-14-17(18)20-8-5-13-25-20/h3-8,13,15,17-18H,2,9-12,14H2,1H3/t17-,18-/m0/s1. The lowest BCUT2D eigenvalue weighted by atomic mass is 9.88. The first kappa shape index (κ1) is 16.2. The molecule has 1 saturated carbocycles. The molecule has 4 nitrogen and oxygen atoms in total. The molecule has 1 aromatic heterocycles. The Bertz CT molecular complexity index is 717. The molecule has 0 spiro atoms. The van der Waals surface area contributed by atoms with E-state index >= 15 is 0 Å². The topological polar surface area (TPSA) is 42.7 Å². The number of likely N-dealkylation sites (tertiary alicyclic amines) is 1. The van der Waals surface area contributed by atoms with E-state index in [1.807, 2.05) is 30.0 Å². The van der Waals surface area contributed by atoms with E-state index in [-0.39, 0.29) is 5.92 Å². The lowest BCUT2D eigenvalue weighted by molar-refractivity contribution is -0.133. The average molecular weight is 339 g/mol. The van der Waals surface area contributed by atoms with Crippen molar-refractivity contribution in [2.24, 2.45) is 5.92 Å². The van der Waals surface area contributed by atoms with Crippen LogP contribution >= 0.6 is 0 Å². The van der Waals surface area contributed by atoms with Gasteiger partial charge in [-0.3, -0.25) is 4.79 Å². The lowest BCUT2D eigenvalue weighted by Gasteiger charge is -2.33. The number of para-hydroxylation sites is 1. The number of piperidine rings is 1. The number of rotatable bonds is 5. The van der Waals surface area contributed by atoms with Crippen LogP contribution in [0.25, 0.3) is 0 Å². The van der Waals surface area contributed by atoms with E-state index in [0.717, 1.165) is 43.9 Å². The molecule has 0 bridgehead atoms. The molecule has 2 fully saturated rings. The van der Waals surface area contributed by atoms with Gasteiger partial charge >= 0.3 is 0 Å². The van der Waals surface area contributed by atoms with Crippen molar-refractivity contribution >= 4 is 5.91 Å². The van der Waals surface area contributed by atoms with Gasteiger partial charge in [-0.05, 0) is 55.9 Å². The third kappa shape index (κ3) is 3.30. The number of amides is 1. The zero-order valence-corrected chi connectivity index (χ0v) is 14.7. The van der Waals surface area contributed by atoms with Gasteiger partial charge in [-0.1, -0.05) is 18.2 Å². The number of ether oxygens (including phenoxy) is 1. The predicted molar refractivity (Wildman–Crippen MR) is 95.7 cm³/mol. The zero-order chi connectivity index (χ0) is 17.2. The fourth-order valence-corrected chi connectivity index (χ4v) is 4.03. The molecule has 4 heteroatoms. The Hall–Kier alpha value is -2.23.